The van der Waals surface area contributed by atoms with Crippen LogP contribution in [-0.4, -0.2) is 5.11 Å². The Labute approximate surface area is 89.2 Å². The highest BCUT2D eigenvalue weighted by Gasteiger charge is 2.30. The summed E-state index contributed by atoms with van der Waals surface area (Å²) in [5, 5.41) is 10.3. The first-order valence-electron chi connectivity index (χ1n) is 5.00. The van der Waals surface area contributed by atoms with E-state index in [1.807, 2.05) is 24.3 Å². The summed E-state index contributed by atoms with van der Waals surface area (Å²) in [6.07, 6.45) is 5.39. The largest absolute Gasteiger partial charge is 0.385 e. The molecule has 0 amide bonds. The predicted octanol–water partition coefficient (Wildman–Crippen LogP) is 2.70. The molecule has 1 N–H and O–H groups in total. The average molecular weight is 209 g/mol. The number of hydrogen-bond acceptors (Lipinski definition) is 1. The molecule has 14 heavy (non-hydrogen) atoms. The Morgan fingerprint density at radius 2 is 1.64 bits per heavy atom. The zero-order valence-electron chi connectivity index (χ0n) is 8.50. The van der Waals surface area contributed by atoms with E-state index in [0.717, 1.165) is 31.2 Å². The van der Waals surface area contributed by atoms with Crippen molar-refractivity contribution in [1.82, 2.24) is 0 Å². The smallest absolute Gasteiger partial charge is 0.0896 e. The third-order valence-corrected chi connectivity index (χ3v) is 2.94. The van der Waals surface area contributed by atoms with E-state index >= 15 is 0 Å². The minimum Gasteiger partial charge on any atom is -0.385 e. The molecule has 1 fully saturated rings. The van der Waals surface area contributed by atoms with Gasteiger partial charge >= 0.3 is 0 Å². The van der Waals surface area contributed by atoms with Crippen LogP contribution in [0.3, 0.4) is 0 Å². The normalized spacial score (nSPS) is 19.8. The first kappa shape index (κ1) is 11.7. The van der Waals surface area contributed by atoms with E-state index in [1.165, 1.54) is 6.42 Å². The van der Waals surface area contributed by atoms with Crippen molar-refractivity contribution in [3.63, 3.8) is 0 Å². The van der Waals surface area contributed by atoms with E-state index in [4.69, 9.17) is 0 Å². The summed E-state index contributed by atoms with van der Waals surface area (Å²) in [7, 11) is 0. The van der Waals surface area contributed by atoms with Gasteiger partial charge in [-0.05, 0) is 24.5 Å². The van der Waals surface area contributed by atoms with E-state index in [2.05, 4.69) is 6.07 Å². The Balaban J connectivity index is 0.000000980. The Kier molecular flexibility index (Phi) is 4.10. The fourth-order valence-electron chi connectivity index (χ4n) is 2.12. The zero-order chi connectivity index (χ0) is 9.15. The molecular formula is C12H18OP. The molecule has 0 aromatic heterocycles. The topological polar surface area (TPSA) is 20.2 Å². The lowest BCUT2D eigenvalue weighted by molar-refractivity contribution is -0.000627. The monoisotopic (exact) mass is 209 g/mol. The summed E-state index contributed by atoms with van der Waals surface area (Å²) < 4.78 is 0. The zero-order valence-corrected chi connectivity index (χ0v) is 9.91. The summed E-state index contributed by atoms with van der Waals surface area (Å²) in [6, 6.07) is 10.7. The van der Waals surface area contributed by atoms with Gasteiger partial charge in [0, 0.05) is 0 Å². The first-order valence-corrected chi connectivity index (χ1v) is 5.00. The minimum atomic E-state index is -0.548. The standard InChI is InChI=1S/C12H15O.H3P/c13-12(9-5-2-6-10-12)11-7-3-1-4-8-11;/h3-4,7-8,13H,2,5-6,9-10H2;1H3. The summed E-state index contributed by atoms with van der Waals surface area (Å²) >= 11 is 0. The molecule has 1 nitrogen and oxygen atoms in total. The predicted molar refractivity (Wildman–Crippen MR) is 63.4 cm³/mol. The molecule has 0 heterocycles. The lowest BCUT2D eigenvalue weighted by Crippen LogP contribution is -2.28. The lowest BCUT2D eigenvalue weighted by Gasteiger charge is -2.32. The third kappa shape index (κ3) is 2.34. The Morgan fingerprint density at radius 3 is 2.21 bits per heavy atom. The summed E-state index contributed by atoms with van der Waals surface area (Å²) in [5.74, 6) is 0. The van der Waals surface area contributed by atoms with Gasteiger partial charge in [0.05, 0.1) is 5.60 Å². The highest BCUT2D eigenvalue weighted by atomic mass is 31.0. The molecule has 0 saturated heterocycles. The molecular weight excluding hydrogens is 191 g/mol. The Hall–Kier alpha value is -0.390. The van der Waals surface area contributed by atoms with E-state index in [0.29, 0.717) is 0 Å². The average Bonchev–Trinajstić information content (AvgIpc) is 2.20. The van der Waals surface area contributed by atoms with Gasteiger partial charge in [-0.2, -0.15) is 9.90 Å². The summed E-state index contributed by atoms with van der Waals surface area (Å²) in [5.41, 5.74) is 0.513. The molecule has 1 aliphatic rings. The molecule has 0 aliphatic heterocycles. The molecule has 1 aromatic carbocycles. The molecule has 1 radical (unpaired) electrons. The number of benzene rings is 1. The van der Waals surface area contributed by atoms with Crippen LogP contribution < -0.4 is 0 Å². The van der Waals surface area contributed by atoms with Gasteiger partial charge in [-0.15, -0.1) is 0 Å². The van der Waals surface area contributed by atoms with Crippen molar-refractivity contribution in [2.24, 2.45) is 0 Å². The number of rotatable bonds is 1. The number of aliphatic hydroxyl groups is 1. The van der Waals surface area contributed by atoms with E-state index < -0.39 is 5.60 Å². The molecule has 1 aliphatic carbocycles. The molecule has 1 atom stereocenters. The maximum atomic E-state index is 10.3. The molecule has 2 heteroatoms. The molecule has 0 bridgehead atoms. The Morgan fingerprint density at radius 1 is 1.07 bits per heavy atom. The van der Waals surface area contributed by atoms with E-state index in [1.54, 1.807) is 0 Å². The lowest BCUT2D eigenvalue weighted by atomic mass is 9.80. The van der Waals surface area contributed by atoms with Gasteiger partial charge in [-0.3, -0.25) is 0 Å². The van der Waals surface area contributed by atoms with Crippen LogP contribution in [0.2, 0.25) is 0 Å². The van der Waals surface area contributed by atoms with Gasteiger partial charge in [0.25, 0.3) is 0 Å². The van der Waals surface area contributed by atoms with Crippen LogP contribution in [0.4, 0.5) is 0 Å². The minimum absolute atomic E-state index is 0. The summed E-state index contributed by atoms with van der Waals surface area (Å²) in [4.78, 5) is 0. The van der Waals surface area contributed by atoms with E-state index in [9.17, 15) is 5.11 Å². The van der Waals surface area contributed by atoms with Gasteiger partial charge in [0.15, 0.2) is 0 Å². The van der Waals surface area contributed by atoms with Crippen molar-refractivity contribution >= 4 is 9.90 Å². The molecule has 1 aromatic rings. The molecule has 2 rings (SSSR count). The van der Waals surface area contributed by atoms with Crippen LogP contribution in [0.25, 0.3) is 0 Å². The van der Waals surface area contributed by atoms with Crippen molar-refractivity contribution in [1.29, 1.82) is 0 Å². The highest BCUT2D eigenvalue weighted by Crippen LogP contribution is 2.36. The summed E-state index contributed by atoms with van der Waals surface area (Å²) in [6.45, 7) is 0. The van der Waals surface area contributed by atoms with Crippen LogP contribution in [0.1, 0.15) is 37.7 Å². The molecule has 1 unspecified atom stereocenters. The SMILES string of the molecule is OC1(c2cc[c]cc2)CCCCC1.P. The molecule has 0 spiro atoms. The number of hydrogen-bond donors (Lipinski definition) is 1. The van der Waals surface area contributed by atoms with Crippen molar-refractivity contribution in [3.8, 4) is 0 Å². The molecule has 77 valence electrons. The van der Waals surface area contributed by atoms with Crippen LogP contribution in [-0.2, 0) is 5.60 Å². The first-order chi connectivity index (χ1) is 6.31. The van der Waals surface area contributed by atoms with Crippen LogP contribution in [0, 0.1) is 6.07 Å². The van der Waals surface area contributed by atoms with Crippen molar-refractivity contribution in [3.05, 3.63) is 35.9 Å². The van der Waals surface area contributed by atoms with Crippen molar-refractivity contribution in [2.75, 3.05) is 0 Å². The highest BCUT2D eigenvalue weighted by molar-refractivity contribution is 6.92. The second-order valence-electron chi connectivity index (χ2n) is 3.88. The van der Waals surface area contributed by atoms with Crippen LogP contribution in [0.15, 0.2) is 24.3 Å². The second-order valence-corrected chi connectivity index (χ2v) is 3.88. The van der Waals surface area contributed by atoms with Crippen LogP contribution in [0.5, 0.6) is 0 Å². The fourth-order valence-corrected chi connectivity index (χ4v) is 2.12. The third-order valence-electron chi connectivity index (χ3n) is 2.94. The maximum Gasteiger partial charge on any atom is 0.0896 e. The van der Waals surface area contributed by atoms with Crippen molar-refractivity contribution < 1.29 is 5.11 Å². The van der Waals surface area contributed by atoms with Gasteiger partial charge in [0.2, 0.25) is 0 Å². The Bertz CT molecular complexity index is 265. The van der Waals surface area contributed by atoms with Gasteiger partial charge in [-0.25, -0.2) is 0 Å². The fraction of sp³-hybridized carbons (Fsp3) is 0.500. The second kappa shape index (κ2) is 4.91. The van der Waals surface area contributed by atoms with Gasteiger partial charge in [0.1, 0.15) is 0 Å². The van der Waals surface area contributed by atoms with E-state index in [-0.39, 0.29) is 9.90 Å². The quantitative estimate of drug-likeness (QED) is 0.705. The maximum absolute atomic E-state index is 10.3. The van der Waals surface area contributed by atoms with Gasteiger partial charge < -0.3 is 5.11 Å². The van der Waals surface area contributed by atoms with Crippen LogP contribution >= 0.6 is 9.90 Å². The van der Waals surface area contributed by atoms with Gasteiger partial charge in [-0.1, -0.05) is 43.5 Å². The van der Waals surface area contributed by atoms with Crippen molar-refractivity contribution in [2.45, 2.75) is 37.7 Å². The molecule has 1 saturated carbocycles.